The number of rotatable bonds is 1. The summed E-state index contributed by atoms with van der Waals surface area (Å²) in [5.74, 6) is 0. The smallest absolute Gasteiger partial charge is 0.410 e. The lowest BCUT2D eigenvalue weighted by Crippen LogP contribution is -2.50. The number of anilines is 1. The molecule has 0 bridgehead atoms. The highest BCUT2D eigenvalue weighted by molar-refractivity contribution is 9.10. The Hall–Kier alpha value is -2.02. The van der Waals surface area contributed by atoms with Crippen LogP contribution in [-0.4, -0.2) is 47.3 Å². The highest BCUT2D eigenvalue weighted by atomic mass is 79.9. The molecule has 0 N–H and O–H groups in total. The molecule has 7 heteroatoms. The van der Waals surface area contributed by atoms with Gasteiger partial charge in [0.05, 0.1) is 11.2 Å². The van der Waals surface area contributed by atoms with E-state index in [2.05, 4.69) is 33.0 Å². The van der Waals surface area contributed by atoms with E-state index in [0.29, 0.717) is 26.2 Å². The lowest BCUT2D eigenvalue weighted by atomic mass is 10.00. The van der Waals surface area contributed by atoms with Gasteiger partial charge in [0.25, 0.3) is 5.56 Å². The molecule has 150 valence electrons. The van der Waals surface area contributed by atoms with E-state index in [1.54, 1.807) is 11.0 Å². The van der Waals surface area contributed by atoms with Gasteiger partial charge in [-0.05, 0) is 51.3 Å². The molecule has 6 nitrogen and oxygen atoms in total. The average Bonchev–Trinajstić information content (AvgIpc) is 2.65. The average molecular weight is 448 g/mol. The molecule has 0 atom stereocenters. The van der Waals surface area contributed by atoms with Crippen LogP contribution in [0.25, 0.3) is 10.9 Å². The predicted molar refractivity (Wildman–Crippen MR) is 114 cm³/mol. The lowest BCUT2D eigenvalue weighted by molar-refractivity contribution is 0.0240. The fourth-order valence-corrected chi connectivity index (χ4v) is 4.62. The number of hydrogen-bond acceptors (Lipinski definition) is 4. The zero-order valence-corrected chi connectivity index (χ0v) is 18.2. The summed E-state index contributed by atoms with van der Waals surface area (Å²) in [7, 11) is 0. The molecule has 1 aromatic carbocycles. The summed E-state index contributed by atoms with van der Waals surface area (Å²) in [5, 5.41) is 1.11. The van der Waals surface area contributed by atoms with Crippen molar-refractivity contribution >= 4 is 38.6 Å². The van der Waals surface area contributed by atoms with Gasteiger partial charge in [-0.3, -0.25) is 4.79 Å². The number of hydrogen-bond donors (Lipinski definition) is 0. The number of ether oxygens (including phenoxy) is 1. The van der Waals surface area contributed by atoms with Crippen LogP contribution in [0.1, 0.15) is 32.8 Å². The maximum Gasteiger partial charge on any atom is 0.410 e. The number of aryl methyl sites for hydroxylation is 2. The molecular weight excluding hydrogens is 422 g/mol. The van der Waals surface area contributed by atoms with E-state index < -0.39 is 5.60 Å². The molecular formula is C21H26BrN3O3. The van der Waals surface area contributed by atoms with Crippen molar-refractivity contribution < 1.29 is 9.53 Å². The van der Waals surface area contributed by atoms with Gasteiger partial charge in [-0.25, -0.2) is 4.79 Å². The predicted octanol–water partition coefficient (Wildman–Crippen LogP) is 3.77. The fraction of sp³-hybridized carbons (Fsp3) is 0.524. The summed E-state index contributed by atoms with van der Waals surface area (Å²) in [5.41, 5.74) is 2.80. The second-order valence-electron chi connectivity index (χ2n) is 8.50. The number of halogens is 1. The Morgan fingerprint density at radius 1 is 1.11 bits per heavy atom. The van der Waals surface area contributed by atoms with E-state index in [0.717, 1.165) is 40.4 Å². The van der Waals surface area contributed by atoms with E-state index in [9.17, 15) is 9.59 Å². The van der Waals surface area contributed by atoms with Crippen molar-refractivity contribution in [3.05, 3.63) is 38.6 Å². The van der Waals surface area contributed by atoms with Gasteiger partial charge >= 0.3 is 6.09 Å². The summed E-state index contributed by atoms with van der Waals surface area (Å²) in [6.07, 6.45) is 1.69. The summed E-state index contributed by atoms with van der Waals surface area (Å²) in [6, 6.07) is 5.94. The molecule has 4 rings (SSSR count). The van der Waals surface area contributed by atoms with Crippen molar-refractivity contribution in [1.29, 1.82) is 0 Å². The summed E-state index contributed by atoms with van der Waals surface area (Å²) in [6.45, 7) is 8.94. The first kappa shape index (κ1) is 19.3. The molecule has 0 radical (unpaired) electrons. The van der Waals surface area contributed by atoms with Crippen LogP contribution in [0.2, 0.25) is 0 Å². The largest absolute Gasteiger partial charge is 0.444 e. The Bertz CT molecular complexity index is 985. The van der Waals surface area contributed by atoms with Gasteiger partial charge < -0.3 is 19.1 Å². The molecule has 2 aromatic rings. The number of benzene rings is 1. The molecule has 0 unspecified atom stereocenters. The van der Waals surface area contributed by atoms with E-state index in [4.69, 9.17) is 4.74 Å². The molecule has 1 amide bonds. The normalized spacial score (nSPS) is 17.1. The van der Waals surface area contributed by atoms with Crippen molar-refractivity contribution in [3.8, 4) is 0 Å². The number of carbonyl (C=O) groups is 1. The van der Waals surface area contributed by atoms with Gasteiger partial charge in [0.2, 0.25) is 0 Å². The molecule has 1 fully saturated rings. The van der Waals surface area contributed by atoms with Crippen LogP contribution >= 0.6 is 15.9 Å². The van der Waals surface area contributed by atoms with Crippen molar-refractivity contribution in [2.24, 2.45) is 0 Å². The molecule has 2 aliphatic rings. The van der Waals surface area contributed by atoms with Gasteiger partial charge in [-0.2, -0.15) is 0 Å². The number of carbonyl (C=O) groups excluding carboxylic acids is 1. The van der Waals surface area contributed by atoms with Gasteiger partial charge in [0.15, 0.2) is 0 Å². The van der Waals surface area contributed by atoms with Crippen LogP contribution in [0.3, 0.4) is 0 Å². The third-order valence-corrected chi connectivity index (χ3v) is 6.12. The van der Waals surface area contributed by atoms with E-state index in [1.165, 1.54) is 5.56 Å². The molecule has 1 saturated heterocycles. The zero-order valence-electron chi connectivity index (χ0n) is 16.6. The monoisotopic (exact) mass is 447 g/mol. The molecule has 3 heterocycles. The van der Waals surface area contributed by atoms with Gasteiger partial charge in [-0.1, -0.05) is 15.9 Å². The molecule has 28 heavy (non-hydrogen) atoms. The number of pyridine rings is 1. The summed E-state index contributed by atoms with van der Waals surface area (Å²) in [4.78, 5) is 29.1. The van der Waals surface area contributed by atoms with Crippen LogP contribution in [-0.2, 0) is 17.7 Å². The van der Waals surface area contributed by atoms with Crippen LogP contribution in [0.5, 0.6) is 0 Å². The van der Waals surface area contributed by atoms with Gasteiger partial charge in [0, 0.05) is 48.6 Å². The maximum atomic E-state index is 12.8. The Morgan fingerprint density at radius 3 is 2.50 bits per heavy atom. The minimum atomic E-state index is -0.494. The van der Waals surface area contributed by atoms with Crippen molar-refractivity contribution in [2.45, 2.75) is 45.8 Å². The Morgan fingerprint density at radius 2 is 1.82 bits per heavy atom. The quantitative estimate of drug-likeness (QED) is 0.667. The van der Waals surface area contributed by atoms with E-state index in [1.807, 2.05) is 25.3 Å². The van der Waals surface area contributed by atoms with Crippen LogP contribution < -0.4 is 10.5 Å². The Balaban J connectivity index is 1.63. The molecule has 0 spiro atoms. The second-order valence-corrected chi connectivity index (χ2v) is 9.35. The van der Waals surface area contributed by atoms with Crippen LogP contribution in [0.15, 0.2) is 27.5 Å². The molecule has 1 aromatic heterocycles. The number of nitrogens with zero attached hydrogens (tertiary/aromatic N) is 3. The topological polar surface area (TPSA) is 54.8 Å². The Kier molecular flexibility index (Phi) is 4.89. The van der Waals surface area contributed by atoms with E-state index >= 15 is 0 Å². The first-order valence-corrected chi connectivity index (χ1v) is 10.6. The minimum absolute atomic E-state index is 0.0520. The molecule has 0 saturated carbocycles. The minimum Gasteiger partial charge on any atom is -0.444 e. The lowest BCUT2D eigenvalue weighted by Gasteiger charge is -2.37. The standard InChI is InChI=1S/C21H26BrN3O3/c1-21(2,3)28-20(27)24-11-9-23(10-12-24)17-13-18(26)25-8-4-5-14-16(22)7-6-15(17)19(14)25/h6-7,13H,4-5,8-12H2,1-3H3. The molecule has 0 aliphatic carbocycles. The third kappa shape index (κ3) is 3.52. The maximum absolute atomic E-state index is 12.8. The van der Waals surface area contributed by atoms with Crippen molar-refractivity contribution in [1.82, 2.24) is 9.47 Å². The van der Waals surface area contributed by atoms with Crippen LogP contribution in [0, 0.1) is 0 Å². The molecule has 2 aliphatic heterocycles. The summed E-state index contributed by atoms with van der Waals surface area (Å²) < 4.78 is 8.46. The first-order valence-electron chi connectivity index (χ1n) is 9.82. The van der Waals surface area contributed by atoms with Crippen molar-refractivity contribution in [2.75, 3.05) is 31.1 Å². The number of aromatic nitrogens is 1. The van der Waals surface area contributed by atoms with Crippen LogP contribution in [0.4, 0.5) is 10.5 Å². The van der Waals surface area contributed by atoms with Crippen molar-refractivity contribution in [3.63, 3.8) is 0 Å². The SMILES string of the molecule is CC(C)(C)OC(=O)N1CCN(c2cc(=O)n3c4c(c(Br)ccc24)CCC3)CC1. The first-order chi connectivity index (χ1) is 13.2. The number of piperazine rings is 1. The zero-order chi connectivity index (χ0) is 20.1. The second kappa shape index (κ2) is 7.10. The third-order valence-electron chi connectivity index (χ3n) is 5.38. The summed E-state index contributed by atoms with van der Waals surface area (Å²) >= 11 is 3.65. The van der Waals surface area contributed by atoms with E-state index in [-0.39, 0.29) is 11.7 Å². The highest BCUT2D eigenvalue weighted by Crippen LogP contribution is 2.35. The number of amides is 1. The van der Waals surface area contributed by atoms with Gasteiger partial charge in [-0.15, -0.1) is 0 Å². The van der Waals surface area contributed by atoms with Gasteiger partial charge in [0.1, 0.15) is 5.60 Å². The fourth-order valence-electron chi connectivity index (χ4n) is 4.10. The Labute approximate surface area is 173 Å². The highest BCUT2D eigenvalue weighted by Gasteiger charge is 2.28.